The summed E-state index contributed by atoms with van der Waals surface area (Å²) in [5.41, 5.74) is 0. The Morgan fingerprint density at radius 1 is 1.29 bits per heavy atom. The van der Waals surface area contributed by atoms with E-state index in [1.54, 1.807) is 0 Å². The second-order valence-electron chi connectivity index (χ2n) is 5.23. The summed E-state index contributed by atoms with van der Waals surface area (Å²) in [5.74, 6) is 1.82. The first-order valence-electron chi connectivity index (χ1n) is 6.24. The van der Waals surface area contributed by atoms with Gasteiger partial charge in [-0.1, -0.05) is 20.3 Å². The van der Waals surface area contributed by atoms with E-state index in [2.05, 4.69) is 24.5 Å². The summed E-state index contributed by atoms with van der Waals surface area (Å²) >= 11 is 0. The Morgan fingerprint density at radius 2 is 2.14 bits per heavy atom. The highest BCUT2D eigenvalue weighted by molar-refractivity contribution is 4.90. The van der Waals surface area contributed by atoms with Crippen molar-refractivity contribution < 1.29 is 0 Å². The van der Waals surface area contributed by atoms with Crippen LogP contribution in [0.15, 0.2) is 0 Å². The molecule has 0 aromatic rings. The molecule has 0 spiro atoms. The summed E-state index contributed by atoms with van der Waals surface area (Å²) in [7, 11) is 0. The van der Waals surface area contributed by atoms with E-state index in [9.17, 15) is 0 Å². The number of hydrogen-bond acceptors (Lipinski definition) is 2. The lowest BCUT2D eigenvalue weighted by Gasteiger charge is -2.42. The van der Waals surface area contributed by atoms with E-state index in [1.807, 2.05) is 0 Å². The van der Waals surface area contributed by atoms with Crippen molar-refractivity contribution in [3.8, 4) is 0 Å². The second-order valence-corrected chi connectivity index (χ2v) is 5.23. The molecule has 14 heavy (non-hydrogen) atoms. The van der Waals surface area contributed by atoms with Gasteiger partial charge in [0.1, 0.15) is 0 Å². The van der Waals surface area contributed by atoms with E-state index >= 15 is 0 Å². The zero-order valence-corrected chi connectivity index (χ0v) is 9.55. The SMILES string of the molecule is CC1CC(NC[C@@H]2CCCCN2)C1C. The van der Waals surface area contributed by atoms with Crippen LogP contribution in [0.4, 0.5) is 0 Å². The Bertz CT molecular complexity index is 170. The molecule has 2 nitrogen and oxygen atoms in total. The maximum absolute atomic E-state index is 3.71. The molecule has 0 aromatic carbocycles. The molecule has 0 amide bonds. The Kier molecular flexibility index (Phi) is 3.45. The minimum absolute atomic E-state index is 0.742. The topological polar surface area (TPSA) is 24.1 Å². The average Bonchev–Trinajstić information content (AvgIpc) is 2.25. The normalized spacial score (nSPS) is 43.3. The highest BCUT2D eigenvalue weighted by Gasteiger charge is 2.33. The van der Waals surface area contributed by atoms with Gasteiger partial charge in [0.15, 0.2) is 0 Å². The Morgan fingerprint density at radius 3 is 2.71 bits per heavy atom. The highest BCUT2D eigenvalue weighted by Crippen LogP contribution is 2.33. The van der Waals surface area contributed by atoms with E-state index in [1.165, 1.54) is 38.8 Å². The minimum Gasteiger partial charge on any atom is -0.313 e. The first kappa shape index (κ1) is 10.4. The first-order chi connectivity index (χ1) is 6.77. The monoisotopic (exact) mass is 196 g/mol. The van der Waals surface area contributed by atoms with Gasteiger partial charge in [-0.2, -0.15) is 0 Å². The van der Waals surface area contributed by atoms with Gasteiger partial charge in [-0.25, -0.2) is 0 Å². The molecule has 3 unspecified atom stereocenters. The summed E-state index contributed by atoms with van der Waals surface area (Å²) < 4.78 is 0. The minimum atomic E-state index is 0.742. The van der Waals surface area contributed by atoms with Gasteiger partial charge in [0.05, 0.1) is 0 Å². The molecule has 0 radical (unpaired) electrons. The van der Waals surface area contributed by atoms with E-state index in [-0.39, 0.29) is 0 Å². The van der Waals surface area contributed by atoms with Crippen molar-refractivity contribution in [1.82, 2.24) is 10.6 Å². The number of nitrogens with one attached hydrogen (secondary N) is 2. The fraction of sp³-hybridized carbons (Fsp3) is 1.00. The molecule has 2 rings (SSSR count). The maximum atomic E-state index is 3.71. The zero-order valence-electron chi connectivity index (χ0n) is 9.55. The summed E-state index contributed by atoms with van der Waals surface area (Å²) in [6, 6.07) is 1.54. The van der Waals surface area contributed by atoms with Gasteiger partial charge < -0.3 is 10.6 Å². The fourth-order valence-electron chi connectivity index (χ4n) is 2.69. The number of rotatable bonds is 3. The quantitative estimate of drug-likeness (QED) is 0.719. The molecule has 2 N–H and O–H groups in total. The van der Waals surface area contributed by atoms with Crippen LogP contribution in [0.2, 0.25) is 0 Å². The van der Waals surface area contributed by atoms with Crippen molar-refractivity contribution >= 4 is 0 Å². The molecule has 1 saturated carbocycles. The summed E-state index contributed by atoms with van der Waals surface area (Å²) in [5, 5.41) is 7.29. The van der Waals surface area contributed by atoms with Gasteiger partial charge in [-0.15, -0.1) is 0 Å². The van der Waals surface area contributed by atoms with Crippen LogP contribution in [0.5, 0.6) is 0 Å². The second kappa shape index (κ2) is 4.63. The molecule has 1 aliphatic heterocycles. The smallest absolute Gasteiger partial charge is 0.0192 e. The van der Waals surface area contributed by atoms with Crippen LogP contribution in [0.1, 0.15) is 39.5 Å². The predicted molar refractivity (Wildman–Crippen MR) is 60.4 cm³/mol. The van der Waals surface area contributed by atoms with Crippen LogP contribution in [-0.2, 0) is 0 Å². The number of piperidine rings is 1. The van der Waals surface area contributed by atoms with Crippen molar-refractivity contribution in [1.29, 1.82) is 0 Å². The van der Waals surface area contributed by atoms with E-state index in [4.69, 9.17) is 0 Å². The summed E-state index contributed by atoms with van der Waals surface area (Å²) in [4.78, 5) is 0. The molecule has 1 saturated heterocycles. The first-order valence-corrected chi connectivity index (χ1v) is 6.24. The van der Waals surface area contributed by atoms with Gasteiger partial charge in [0.2, 0.25) is 0 Å². The van der Waals surface area contributed by atoms with Gasteiger partial charge in [0, 0.05) is 18.6 Å². The van der Waals surface area contributed by atoms with Crippen molar-refractivity contribution in [2.24, 2.45) is 11.8 Å². The molecule has 82 valence electrons. The largest absolute Gasteiger partial charge is 0.313 e. The molecule has 2 aliphatic rings. The predicted octanol–water partition coefficient (Wildman–Crippen LogP) is 1.76. The third kappa shape index (κ3) is 2.29. The van der Waals surface area contributed by atoms with Gasteiger partial charge in [-0.05, 0) is 37.6 Å². The van der Waals surface area contributed by atoms with Crippen LogP contribution in [0.3, 0.4) is 0 Å². The van der Waals surface area contributed by atoms with Crippen LogP contribution in [-0.4, -0.2) is 25.2 Å². The fourth-order valence-corrected chi connectivity index (χ4v) is 2.69. The van der Waals surface area contributed by atoms with E-state index in [0.29, 0.717) is 0 Å². The van der Waals surface area contributed by atoms with Crippen molar-refractivity contribution in [3.63, 3.8) is 0 Å². The lowest BCUT2D eigenvalue weighted by atomic mass is 9.71. The molecule has 1 heterocycles. The number of hydrogen-bond donors (Lipinski definition) is 2. The molecule has 1 aliphatic carbocycles. The van der Waals surface area contributed by atoms with Crippen LogP contribution >= 0.6 is 0 Å². The van der Waals surface area contributed by atoms with Crippen molar-refractivity contribution in [2.45, 2.75) is 51.6 Å². The van der Waals surface area contributed by atoms with Gasteiger partial charge >= 0.3 is 0 Å². The van der Waals surface area contributed by atoms with Crippen LogP contribution < -0.4 is 10.6 Å². The van der Waals surface area contributed by atoms with Gasteiger partial charge in [0.25, 0.3) is 0 Å². The van der Waals surface area contributed by atoms with E-state index in [0.717, 1.165) is 23.9 Å². The third-order valence-electron chi connectivity index (χ3n) is 4.20. The molecule has 2 fully saturated rings. The summed E-state index contributed by atoms with van der Waals surface area (Å²) in [6.07, 6.45) is 5.53. The highest BCUT2D eigenvalue weighted by atomic mass is 15.0. The zero-order chi connectivity index (χ0) is 9.97. The van der Waals surface area contributed by atoms with Crippen LogP contribution in [0.25, 0.3) is 0 Å². The Hall–Kier alpha value is -0.0800. The van der Waals surface area contributed by atoms with Crippen LogP contribution in [0, 0.1) is 11.8 Å². The Balaban J connectivity index is 1.62. The lowest BCUT2D eigenvalue weighted by molar-refractivity contribution is 0.133. The van der Waals surface area contributed by atoms with Crippen molar-refractivity contribution in [2.75, 3.05) is 13.1 Å². The molecule has 4 atom stereocenters. The lowest BCUT2D eigenvalue weighted by Crippen LogP contribution is -2.52. The Labute approximate surface area is 87.8 Å². The average molecular weight is 196 g/mol. The van der Waals surface area contributed by atoms with Crippen molar-refractivity contribution in [3.05, 3.63) is 0 Å². The summed E-state index contributed by atoms with van der Waals surface area (Å²) in [6.45, 7) is 7.15. The third-order valence-corrected chi connectivity index (χ3v) is 4.20. The van der Waals surface area contributed by atoms with E-state index < -0.39 is 0 Å². The molecule has 0 aromatic heterocycles. The van der Waals surface area contributed by atoms with Gasteiger partial charge in [-0.3, -0.25) is 0 Å². The standard InChI is InChI=1S/C12H24N2/c1-9-7-12(10(9)2)14-8-11-5-3-4-6-13-11/h9-14H,3-8H2,1-2H3/t9?,10?,11-,12?/m0/s1. The molecule has 2 heteroatoms. The molecular weight excluding hydrogens is 172 g/mol. The molecule has 0 bridgehead atoms. The molecular formula is C12H24N2. The maximum Gasteiger partial charge on any atom is 0.0192 e.